The van der Waals surface area contributed by atoms with E-state index in [1.165, 1.54) is 4.90 Å². The van der Waals surface area contributed by atoms with E-state index in [0.29, 0.717) is 24.2 Å². The van der Waals surface area contributed by atoms with E-state index in [2.05, 4.69) is 9.97 Å². The topological polar surface area (TPSA) is 83.5 Å². The highest BCUT2D eigenvalue weighted by Gasteiger charge is 2.42. The number of fused-ring (bicyclic) bond motifs is 1. The predicted molar refractivity (Wildman–Crippen MR) is 80.3 cm³/mol. The Balaban J connectivity index is 1.48. The van der Waals surface area contributed by atoms with Crippen molar-refractivity contribution < 1.29 is 14.4 Å². The number of rotatable bonds is 2. The number of aromatic nitrogens is 2. The average molecular weight is 310 g/mol. The Hall–Kier alpha value is -2.83. The van der Waals surface area contributed by atoms with Crippen LogP contribution in [0.15, 0.2) is 30.6 Å². The lowest BCUT2D eigenvalue weighted by molar-refractivity contribution is -0.144. The van der Waals surface area contributed by atoms with Crippen molar-refractivity contribution in [1.82, 2.24) is 19.8 Å². The second-order valence-corrected chi connectivity index (χ2v) is 5.78. The Morgan fingerprint density at radius 3 is 2.35 bits per heavy atom. The van der Waals surface area contributed by atoms with Gasteiger partial charge in [-0.25, -0.2) is 0 Å². The first-order chi connectivity index (χ1) is 11.1. The molecule has 2 aliphatic heterocycles. The summed E-state index contributed by atoms with van der Waals surface area (Å²) in [7, 11) is 0. The summed E-state index contributed by atoms with van der Waals surface area (Å²) in [5.74, 6) is -0.381. The number of benzene rings is 1. The maximum absolute atomic E-state index is 12.5. The minimum atomic E-state index is -0.179. The van der Waals surface area contributed by atoms with Crippen LogP contribution in [0, 0.1) is 0 Å². The van der Waals surface area contributed by atoms with Crippen molar-refractivity contribution in [1.29, 1.82) is 0 Å². The van der Waals surface area contributed by atoms with Crippen molar-refractivity contribution >= 4 is 28.8 Å². The largest absolute Gasteiger partial charge is 0.334 e. The van der Waals surface area contributed by atoms with Crippen LogP contribution < -0.4 is 0 Å². The van der Waals surface area contributed by atoms with Crippen molar-refractivity contribution in [2.75, 3.05) is 13.1 Å². The van der Waals surface area contributed by atoms with Crippen LogP contribution in [-0.2, 0) is 9.59 Å². The van der Waals surface area contributed by atoms with E-state index in [9.17, 15) is 14.4 Å². The van der Waals surface area contributed by atoms with Crippen LogP contribution in [-0.4, -0.2) is 56.6 Å². The molecule has 2 fully saturated rings. The number of amides is 3. The van der Waals surface area contributed by atoms with Crippen molar-refractivity contribution in [2.24, 2.45) is 0 Å². The van der Waals surface area contributed by atoms with Crippen LogP contribution in [0.1, 0.15) is 23.2 Å². The lowest BCUT2D eigenvalue weighted by Crippen LogP contribution is -2.62. The molecule has 0 radical (unpaired) electrons. The molecular weight excluding hydrogens is 296 g/mol. The number of imide groups is 1. The molecule has 2 aromatic rings. The molecule has 1 aromatic heterocycles. The molecule has 0 saturated carbocycles. The van der Waals surface area contributed by atoms with Crippen LogP contribution >= 0.6 is 0 Å². The van der Waals surface area contributed by atoms with E-state index in [0.717, 1.165) is 5.52 Å². The highest BCUT2D eigenvalue weighted by molar-refractivity contribution is 6.03. The molecule has 0 bridgehead atoms. The fourth-order valence-corrected chi connectivity index (χ4v) is 3.06. The molecule has 3 amide bonds. The molecule has 0 unspecified atom stereocenters. The number of hydrogen-bond donors (Lipinski definition) is 0. The van der Waals surface area contributed by atoms with Gasteiger partial charge in [0.05, 0.1) is 17.1 Å². The summed E-state index contributed by atoms with van der Waals surface area (Å²) < 4.78 is 0. The van der Waals surface area contributed by atoms with Gasteiger partial charge in [-0.1, -0.05) is 0 Å². The number of nitrogens with zero attached hydrogens (tertiary/aromatic N) is 4. The Morgan fingerprint density at radius 1 is 1.00 bits per heavy atom. The first kappa shape index (κ1) is 13.8. The third-order valence-electron chi connectivity index (χ3n) is 4.32. The van der Waals surface area contributed by atoms with Gasteiger partial charge in [0.15, 0.2) is 0 Å². The molecular formula is C16H14N4O3. The van der Waals surface area contributed by atoms with Crippen LogP contribution in [0.2, 0.25) is 0 Å². The minimum absolute atomic E-state index is 0.118. The van der Waals surface area contributed by atoms with E-state index < -0.39 is 0 Å². The zero-order valence-electron chi connectivity index (χ0n) is 12.3. The Kier molecular flexibility index (Phi) is 3.07. The maximum Gasteiger partial charge on any atom is 0.254 e. The summed E-state index contributed by atoms with van der Waals surface area (Å²) >= 11 is 0. The molecule has 7 heteroatoms. The first-order valence-corrected chi connectivity index (χ1v) is 7.48. The molecule has 1 aromatic carbocycles. The quantitative estimate of drug-likeness (QED) is 0.759. The SMILES string of the molecule is O=C(c1ccc2nccnc2c1)N1CC(N2C(=O)CCC2=O)C1. The molecule has 2 saturated heterocycles. The third kappa shape index (κ3) is 2.25. The second kappa shape index (κ2) is 5.12. The van der Waals surface area contributed by atoms with E-state index in [1.807, 2.05) is 0 Å². The average Bonchev–Trinajstić information content (AvgIpc) is 2.85. The summed E-state index contributed by atoms with van der Waals surface area (Å²) in [5, 5.41) is 0. The predicted octanol–water partition coefficient (Wildman–Crippen LogP) is 0.603. The van der Waals surface area contributed by atoms with Crippen LogP contribution in [0.5, 0.6) is 0 Å². The third-order valence-corrected chi connectivity index (χ3v) is 4.32. The molecule has 0 spiro atoms. The lowest BCUT2D eigenvalue weighted by atomic mass is 10.0. The van der Waals surface area contributed by atoms with E-state index in [-0.39, 0.29) is 36.6 Å². The van der Waals surface area contributed by atoms with Gasteiger partial charge in [0, 0.05) is 43.9 Å². The van der Waals surface area contributed by atoms with E-state index in [4.69, 9.17) is 0 Å². The molecule has 116 valence electrons. The molecule has 4 rings (SSSR count). The molecule has 2 aliphatic rings. The Labute approximate surface area is 131 Å². The van der Waals surface area contributed by atoms with E-state index in [1.54, 1.807) is 35.5 Å². The van der Waals surface area contributed by atoms with Gasteiger partial charge in [-0.15, -0.1) is 0 Å². The number of hydrogen-bond acceptors (Lipinski definition) is 5. The van der Waals surface area contributed by atoms with Gasteiger partial charge in [-0.2, -0.15) is 0 Å². The summed E-state index contributed by atoms with van der Waals surface area (Å²) in [6, 6.07) is 5.02. The minimum Gasteiger partial charge on any atom is -0.334 e. The Morgan fingerprint density at radius 2 is 1.65 bits per heavy atom. The first-order valence-electron chi connectivity index (χ1n) is 7.48. The van der Waals surface area contributed by atoms with Gasteiger partial charge < -0.3 is 4.90 Å². The highest BCUT2D eigenvalue weighted by atomic mass is 16.2. The second-order valence-electron chi connectivity index (χ2n) is 5.78. The van der Waals surface area contributed by atoms with Gasteiger partial charge >= 0.3 is 0 Å². The van der Waals surface area contributed by atoms with Crippen LogP contribution in [0.4, 0.5) is 0 Å². The van der Waals surface area contributed by atoms with Gasteiger partial charge in [0.25, 0.3) is 5.91 Å². The molecule has 3 heterocycles. The normalized spacial score (nSPS) is 18.6. The summed E-state index contributed by atoms with van der Waals surface area (Å²) in [6.07, 6.45) is 3.76. The summed E-state index contributed by atoms with van der Waals surface area (Å²) in [4.78, 5) is 47.2. The molecule has 23 heavy (non-hydrogen) atoms. The standard InChI is InChI=1S/C16H14N4O3/c21-14-3-4-15(22)20(14)11-8-19(9-11)16(23)10-1-2-12-13(7-10)18-6-5-17-12/h1-2,5-7,11H,3-4,8-9H2. The van der Waals surface area contributed by atoms with Gasteiger partial charge in [-0.3, -0.25) is 29.3 Å². The zero-order valence-corrected chi connectivity index (χ0v) is 12.3. The summed E-state index contributed by atoms with van der Waals surface area (Å²) in [6.45, 7) is 0.795. The van der Waals surface area contributed by atoms with Crippen molar-refractivity contribution in [2.45, 2.75) is 18.9 Å². The Bertz CT molecular complexity index is 813. The number of carbonyl (C=O) groups excluding carboxylic acids is 3. The van der Waals surface area contributed by atoms with Crippen molar-refractivity contribution in [3.63, 3.8) is 0 Å². The van der Waals surface area contributed by atoms with Crippen molar-refractivity contribution in [3.05, 3.63) is 36.2 Å². The molecule has 0 N–H and O–H groups in total. The smallest absolute Gasteiger partial charge is 0.254 e. The highest BCUT2D eigenvalue weighted by Crippen LogP contribution is 2.24. The van der Waals surface area contributed by atoms with Crippen LogP contribution in [0.25, 0.3) is 11.0 Å². The van der Waals surface area contributed by atoms with Crippen LogP contribution in [0.3, 0.4) is 0 Å². The van der Waals surface area contributed by atoms with E-state index >= 15 is 0 Å². The fraction of sp³-hybridized carbons (Fsp3) is 0.312. The molecule has 7 nitrogen and oxygen atoms in total. The molecule has 0 aliphatic carbocycles. The monoisotopic (exact) mass is 310 g/mol. The number of likely N-dealkylation sites (tertiary alicyclic amines) is 2. The maximum atomic E-state index is 12.5. The number of carbonyl (C=O) groups is 3. The lowest BCUT2D eigenvalue weighted by Gasteiger charge is -2.43. The van der Waals surface area contributed by atoms with Gasteiger partial charge in [0.2, 0.25) is 11.8 Å². The zero-order chi connectivity index (χ0) is 16.0. The molecule has 0 atom stereocenters. The van der Waals surface area contributed by atoms with Gasteiger partial charge in [0.1, 0.15) is 0 Å². The fourth-order valence-electron chi connectivity index (χ4n) is 3.06. The van der Waals surface area contributed by atoms with Crippen molar-refractivity contribution in [3.8, 4) is 0 Å². The summed E-state index contributed by atoms with van der Waals surface area (Å²) in [5.41, 5.74) is 1.94. The van der Waals surface area contributed by atoms with Gasteiger partial charge in [-0.05, 0) is 18.2 Å².